The third kappa shape index (κ3) is 5.15. The molecule has 6 nitrogen and oxygen atoms in total. The summed E-state index contributed by atoms with van der Waals surface area (Å²) in [6.45, 7) is 0.333. The Morgan fingerprint density at radius 2 is 1.90 bits per heavy atom. The first-order valence-corrected chi connectivity index (χ1v) is 11.3. The number of nitrogens with zero attached hydrogens (tertiary/aromatic N) is 3. The van der Waals surface area contributed by atoms with Crippen LogP contribution in [0.5, 0.6) is 5.75 Å². The molecular formula is C22H23ClN4O2S. The molecule has 8 heteroatoms. The second-order valence-corrected chi connectivity index (χ2v) is 8.61. The Bertz CT molecular complexity index is 1040. The van der Waals surface area contributed by atoms with Crippen LogP contribution in [0.3, 0.4) is 0 Å². The van der Waals surface area contributed by atoms with Gasteiger partial charge in [-0.25, -0.2) is 0 Å². The molecule has 0 unspecified atom stereocenters. The number of carbonyl (C=O) groups is 1. The summed E-state index contributed by atoms with van der Waals surface area (Å²) < 4.78 is 7.80. The molecule has 0 aliphatic heterocycles. The smallest absolute Gasteiger partial charge is 0.234 e. The number of nitrogens with one attached hydrogen (secondary N) is 1. The summed E-state index contributed by atoms with van der Waals surface area (Å²) in [6, 6.07) is 13.3. The fourth-order valence-corrected chi connectivity index (χ4v) is 4.26. The van der Waals surface area contributed by atoms with Crippen molar-refractivity contribution >= 4 is 35.0 Å². The van der Waals surface area contributed by atoms with E-state index in [4.69, 9.17) is 16.3 Å². The molecule has 156 valence electrons. The number of fused-ring (bicyclic) bond motifs is 1. The molecule has 0 spiro atoms. The van der Waals surface area contributed by atoms with Gasteiger partial charge in [-0.2, -0.15) is 0 Å². The molecule has 0 radical (unpaired) electrons. The van der Waals surface area contributed by atoms with Crippen LogP contribution in [0.25, 0.3) is 0 Å². The van der Waals surface area contributed by atoms with Crippen LogP contribution in [0, 0.1) is 0 Å². The largest absolute Gasteiger partial charge is 0.486 e. The number of halogens is 1. The Morgan fingerprint density at radius 3 is 2.70 bits per heavy atom. The molecule has 0 saturated carbocycles. The predicted molar refractivity (Wildman–Crippen MR) is 119 cm³/mol. The fourth-order valence-electron chi connectivity index (χ4n) is 3.40. The van der Waals surface area contributed by atoms with Crippen molar-refractivity contribution in [2.75, 3.05) is 11.1 Å². The summed E-state index contributed by atoms with van der Waals surface area (Å²) in [7, 11) is 1.88. The highest BCUT2D eigenvalue weighted by molar-refractivity contribution is 7.99. The standard InChI is InChI=1S/C22H23ClN4O2S/c1-27-20(13-29-19-11-6-15-4-2-3-5-16(15)12-19)25-26-22(27)30-14-21(28)24-18-9-7-17(23)8-10-18/h6-12H,2-5,13-14H2,1H3,(H,24,28). The number of thioether (sulfide) groups is 1. The van der Waals surface area contributed by atoms with Crippen LogP contribution in [0.2, 0.25) is 5.02 Å². The Morgan fingerprint density at radius 1 is 1.13 bits per heavy atom. The Hall–Kier alpha value is -2.51. The van der Waals surface area contributed by atoms with Gasteiger partial charge in [-0.05, 0) is 73.2 Å². The minimum absolute atomic E-state index is 0.114. The fraction of sp³-hybridized carbons (Fsp3) is 0.318. The molecule has 2 aromatic carbocycles. The molecule has 0 saturated heterocycles. The molecule has 1 aromatic heterocycles. The highest BCUT2D eigenvalue weighted by Gasteiger charge is 2.14. The first-order chi connectivity index (χ1) is 14.6. The van der Waals surface area contributed by atoms with Crippen LogP contribution in [0.4, 0.5) is 5.69 Å². The van der Waals surface area contributed by atoms with Crippen LogP contribution in [-0.4, -0.2) is 26.4 Å². The monoisotopic (exact) mass is 442 g/mol. The van der Waals surface area contributed by atoms with E-state index in [0.29, 0.717) is 28.3 Å². The average molecular weight is 443 g/mol. The Kier molecular flexibility index (Phi) is 6.59. The van der Waals surface area contributed by atoms with Crippen molar-refractivity contribution in [3.63, 3.8) is 0 Å². The van der Waals surface area contributed by atoms with Crippen molar-refractivity contribution in [3.8, 4) is 5.75 Å². The summed E-state index contributed by atoms with van der Waals surface area (Å²) in [5.41, 5.74) is 3.53. The zero-order valence-corrected chi connectivity index (χ0v) is 18.3. The SMILES string of the molecule is Cn1c(COc2ccc3c(c2)CCCC3)nnc1SCC(=O)Nc1ccc(Cl)cc1. The highest BCUT2D eigenvalue weighted by Crippen LogP contribution is 2.26. The molecule has 1 aliphatic carbocycles. The maximum absolute atomic E-state index is 12.2. The third-order valence-corrected chi connectivity index (χ3v) is 6.35. The van der Waals surface area contributed by atoms with Crippen molar-refractivity contribution in [1.29, 1.82) is 0 Å². The molecular weight excluding hydrogens is 420 g/mol. The number of aryl methyl sites for hydroxylation is 2. The second-order valence-electron chi connectivity index (χ2n) is 7.23. The van der Waals surface area contributed by atoms with E-state index < -0.39 is 0 Å². The highest BCUT2D eigenvalue weighted by atomic mass is 35.5. The summed E-state index contributed by atoms with van der Waals surface area (Å²) >= 11 is 7.19. The minimum Gasteiger partial charge on any atom is -0.486 e. The van der Waals surface area contributed by atoms with E-state index in [0.717, 1.165) is 18.6 Å². The van der Waals surface area contributed by atoms with Crippen molar-refractivity contribution in [3.05, 3.63) is 64.4 Å². The zero-order valence-electron chi connectivity index (χ0n) is 16.7. The van der Waals surface area contributed by atoms with E-state index >= 15 is 0 Å². The topological polar surface area (TPSA) is 69.0 Å². The van der Waals surface area contributed by atoms with Gasteiger partial charge >= 0.3 is 0 Å². The normalized spacial score (nSPS) is 13.0. The molecule has 4 rings (SSSR count). The minimum atomic E-state index is -0.114. The summed E-state index contributed by atoms with van der Waals surface area (Å²) in [4.78, 5) is 12.2. The van der Waals surface area contributed by atoms with Crippen LogP contribution >= 0.6 is 23.4 Å². The van der Waals surface area contributed by atoms with Crippen molar-refractivity contribution in [2.45, 2.75) is 37.4 Å². The van der Waals surface area contributed by atoms with E-state index in [1.165, 1.54) is 35.7 Å². The van der Waals surface area contributed by atoms with Crippen molar-refractivity contribution in [2.24, 2.45) is 7.05 Å². The number of aromatic nitrogens is 3. The van der Waals surface area contributed by atoms with E-state index in [-0.39, 0.29) is 11.7 Å². The van der Waals surface area contributed by atoms with Gasteiger partial charge in [0.05, 0.1) is 5.75 Å². The molecule has 1 amide bonds. The molecule has 1 aliphatic rings. The van der Waals surface area contributed by atoms with Crippen molar-refractivity contribution in [1.82, 2.24) is 14.8 Å². The predicted octanol–water partition coefficient (Wildman–Crippen LogP) is 4.66. The summed E-state index contributed by atoms with van der Waals surface area (Å²) in [5, 5.41) is 12.5. The Balaban J connectivity index is 1.30. The number of ether oxygens (including phenoxy) is 1. The van der Waals surface area contributed by atoms with Gasteiger partial charge < -0.3 is 14.6 Å². The lowest BCUT2D eigenvalue weighted by atomic mass is 9.92. The maximum Gasteiger partial charge on any atom is 0.234 e. The van der Waals surface area contributed by atoms with Gasteiger partial charge in [0.25, 0.3) is 0 Å². The molecule has 1 N–H and O–H groups in total. The molecule has 0 fully saturated rings. The van der Waals surface area contributed by atoms with Crippen LogP contribution in [0.1, 0.15) is 29.8 Å². The average Bonchev–Trinajstić information content (AvgIpc) is 3.11. The quantitative estimate of drug-likeness (QED) is 0.539. The van der Waals surface area contributed by atoms with Gasteiger partial charge in [0.15, 0.2) is 11.0 Å². The molecule has 1 heterocycles. The van der Waals surface area contributed by atoms with Gasteiger partial charge in [0.2, 0.25) is 5.91 Å². The molecule has 30 heavy (non-hydrogen) atoms. The molecule has 0 bridgehead atoms. The number of amides is 1. The maximum atomic E-state index is 12.2. The number of hydrogen-bond donors (Lipinski definition) is 1. The van der Waals surface area contributed by atoms with E-state index in [1.54, 1.807) is 24.3 Å². The number of hydrogen-bond acceptors (Lipinski definition) is 5. The first-order valence-electron chi connectivity index (χ1n) is 9.89. The first kappa shape index (κ1) is 20.8. The van der Waals surface area contributed by atoms with Gasteiger partial charge in [0, 0.05) is 17.8 Å². The van der Waals surface area contributed by atoms with Crippen LogP contribution < -0.4 is 10.1 Å². The lowest BCUT2D eigenvalue weighted by molar-refractivity contribution is -0.113. The van der Waals surface area contributed by atoms with Gasteiger partial charge in [-0.3, -0.25) is 4.79 Å². The summed E-state index contributed by atoms with van der Waals surface area (Å²) in [6.07, 6.45) is 4.79. The third-order valence-electron chi connectivity index (χ3n) is 5.07. The lowest BCUT2D eigenvalue weighted by Crippen LogP contribution is -2.14. The number of anilines is 1. The van der Waals surface area contributed by atoms with E-state index in [9.17, 15) is 4.79 Å². The van der Waals surface area contributed by atoms with Gasteiger partial charge in [-0.1, -0.05) is 29.4 Å². The van der Waals surface area contributed by atoms with E-state index in [1.807, 2.05) is 17.7 Å². The van der Waals surface area contributed by atoms with E-state index in [2.05, 4.69) is 27.6 Å². The van der Waals surface area contributed by atoms with Crippen LogP contribution in [0.15, 0.2) is 47.6 Å². The second kappa shape index (κ2) is 9.53. The Labute approximate surface area is 185 Å². The zero-order chi connectivity index (χ0) is 20.9. The summed E-state index contributed by atoms with van der Waals surface area (Å²) in [5.74, 6) is 1.70. The van der Waals surface area contributed by atoms with Crippen LogP contribution in [-0.2, 0) is 31.3 Å². The molecule has 3 aromatic rings. The van der Waals surface area contributed by atoms with Gasteiger partial charge in [-0.15, -0.1) is 10.2 Å². The molecule has 0 atom stereocenters. The van der Waals surface area contributed by atoms with Crippen molar-refractivity contribution < 1.29 is 9.53 Å². The lowest BCUT2D eigenvalue weighted by Gasteiger charge is -2.16. The van der Waals surface area contributed by atoms with Gasteiger partial charge in [0.1, 0.15) is 12.4 Å². The number of rotatable bonds is 7. The number of benzene rings is 2. The number of carbonyl (C=O) groups excluding carboxylic acids is 1.